The lowest BCUT2D eigenvalue weighted by Gasteiger charge is -2.23. The van der Waals surface area contributed by atoms with Crippen molar-refractivity contribution in [3.8, 4) is 0 Å². The van der Waals surface area contributed by atoms with Gasteiger partial charge in [0.05, 0.1) is 11.1 Å². The molecule has 0 bridgehead atoms. The number of hydrogen-bond donors (Lipinski definition) is 2. The van der Waals surface area contributed by atoms with Crippen molar-refractivity contribution in [3.63, 3.8) is 0 Å². The summed E-state index contributed by atoms with van der Waals surface area (Å²) in [5.41, 5.74) is 2.19. The summed E-state index contributed by atoms with van der Waals surface area (Å²) in [6.07, 6.45) is -4.11. The van der Waals surface area contributed by atoms with Crippen molar-refractivity contribution in [2.24, 2.45) is 0 Å². The molecule has 0 aliphatic heterocycles. The van der Waals surface area contributed by atoms with Crippen LogP contribution in [0, 0.1) is 13.8 Å². The van der Waals surface area contributed by atoms with Gasteiger partial charge in [-0.05, 0) is 62.4 Å². The van der Waals surface area contributed by atoms with E-state index in [1.165, 1.54) is 48.5 Å². The highest BCUT2D eigenvalue weighted by Gasteiger charge is 2.41. The molecule has 35 heavy (non-hydrogen) atoms. The third-order valence-electron chi connectivity index (χ3n) is 4.93. The number of aryl methyl sites for hydroxylation is 2. The van der Waals surface area contributed by atoms with E-state index in [0.29, 0.717) is 5.02 Å². The topological polar surface area (TPSA) is 119 Å². The molecule has 180 valence electrons. The fourth-order valence-electron chi connectivity index (χ4n) is 2.99. The monoisotopic (exact) mass is 495 g/mol. The van der Waals surface area contributed by atoms with Crippen molar-refractivity contribution in [2.45, 2.75) is 26.1 Å². The van der Waals surface area contributed by atoms with Crippen LogP contribution in [0.15, 0.2) is 72.8 Å². The molecular formula is C26H22ClNO7. The maximum Gasteiger partial charge on any atom is 0.349 e. The SMILES string of the molecule is Cc1ccc(C(=O)O[C@H](C(=O)O)[C@@H](OC(=O)c2ccc(C)cc2)C(=O)Nc2ccc(Cl)cc2)cc1. The first-order chi connectivity index (χ1) is 16.6. The standard InChI is InChI=1S/C26H22ClNO7/c1-15-3-7-17(8-4-15)25(32)34-21(23(29)28-20-13-11-19(27)12-14-20)22(24(30)31)35-26(33)18-9-5-16(2)6-10-18/h3-14,21-22H,1-2H3,(H,28,29)(H,30,31)/t21-,22+/m1/s1. The number of anilines is 1. The Kier molecular flexibility index (Phi) is 8.22. The number of carboxylic acid groups (broad SMARTS) is 1. The third kappa shape index (κ3) is 6.91. The van der Waals surface area contributed by atoms with Gasteiger partial charge in [-0.25, -0.2) is 14.4 Å². The number of nitrogens with one attached hydrogen (secondary N) is 1. The number of hydrogen-bond acceptors (Lipinski definition) is 6. The first-order valence-electron chi connectivity index (χ1n) is 10.5. The summed E-state index contributed by atoms with van der Waals surface area (Å²) >= 11 is 5.86. The lowest BCUT2D eigenvalue weighted by Crippen LogP contribution is -2.48. The van der Waals surface area contributed by atoms with Crippen LogP contribution >= 0.6 is 11.6 Å². The number of rotatable bonds is 8. The molecule has 0 unspecified atom stereocenters. The molecule has 2 atom stereocenters. The van der Waals surface area contributed by atoms with E-state index in [0.717, 1.165) is 11.1 Å². The number of carbonyl (C=O) groups excluding carboxylic acids is 3. The zero-order valence-electron chi connectivity index (χ0n) is 18.9. The molecule has 1 amide bonds. The predicted octanol–water partition coefficient (Wildman–Crippen LogP) is 4.43. The molecular weight excluding hydrogens is 474 g/mol. The van der Waals surface area contributed by atoms with E-state index in [4.69, 9.17) is 21.1 Å². The van der Waals surface area contributed by atoms with Gasteiger partial charge in [0.1, 0.15) is 0 Å². The highest BCUT2D eigenvalue weighted by Crippen LogP contribution is 2.18. The Balaban J connectivity index is 1.90. The first-order valence-corrected chi connectivity index (χ1v) is 10.9. The molecule has 0 aliphatic rings. The number of carboxylic acids is 1. The highest BCUT2D eigenvalue weighted by molar-refractivity contribution is 6.30. The van der Waals surface area contributed by atoms with Crippen molar-refractivity contribution in [1.29, 1.82) is 0 Å². The number of halogens is 1. The molecule has 0 aliphatic carbocycles. The van der Waals surface area contributed by atoms with E-state index in [9.17, 15) is 24.3 Å². The second-order valence-electron chi connectivity index (χ2n) is 7.72. The van der Waals surface area contributed by atoms with E-state index in [1.54, 1.807) is 24.3 Å². The lowest BCUT2D eigenvalue weighted by atomic mass is 10.1. The van der Waals surface area contributed by atoms with E-state index in [2.05, 4.69) is 5.32 Å². The van der Waals surface area contributed by atoms with Crippen LogP contribution in [0.25, 0.3) is 0 Å². The minimum Gasteiger partial charge on any atom is -0.478 e. The molecule has 8 nitrogen and oxygen atoms in total. The third-order valence-corrected chi connectivity index (χ3v) is 5.18. The van der Waals surface area contributed by atoms with Gasteiger partial charge < -0.3 is 19.9 Å². The Hall–Kier alpha value is -4.17. The quantitative estimate of drug-likeness (QED) is 0.443. The maximum absolute atomic E-state index is 13.1. The Morgan fingerprint density at radius 1 is 0.714 bits per heavy atom. The van der Waals surface area contributed by atoms with Gasteiger partial charge in [-0.1, -0.05) is 47.0 Å². The lowest BCUT2D eigenvalue weighted by molar-refractivity contribution is -0.157. The van der Waals surface area contributed by atoms with Crippen LogP contribution in [-0.2, 0) is 19.1 Å². The highest BCUT2D eigenvalue weighted by atomic mass is 35.5. The summed E-state index contributed by atoms with van der Waals surface area (Å²) in [6.45, 7) is 3.64. The smallest absolute Gasteiger partial charge is 0.349 e. The zero-order chi connectivity index (χ0) is 25.5. The molecule has 0 aromatic heterocycles. The molecule has 0 fully saturated rings. The zero-order valence-corrected chi connectivity index (χ0v) is 19.6. The second-order valence-corrected chi connectivity index (χ2v) is 8.15. The van der Waals surface area contributed by atoms with Crippen molar-refractivity contribution in [1.82, 2.24) is 0 Å². The van der Waals surface area contributed by atoms with Gasteiger partial charge in [0.25, 0.3) is 5.91 Å². The normalized spacial score (nSPS) is 12.2. The minimum absolute atomic E-state index is 0.0728. The van der Waals surface area contributed by atoms with Gasteiger partial charge in [-0.15, -0.1) is 0 Å². The maximum atomic E-state index is 13.1. The molecule has 0 spiro atoms. The van der Waals surface area contributed by atoms with Gasteiger partial charge in [0.15, 0.2) is 0 Å². The molecule has 0 saturated heterocycles. The molecule has 3 rings (SSSR count). The Morgan fingerprint density at radius 2 is 1.14 bits per heavy atom. The average Bonchev–Trinajstić information content (AvgIpc) is 2.83. The number of aliphatic carboxylic acids is 1. The number of carbonyl (C=O) groups is 4. The van der Waals surface area contributed by atoms with Crippen LogP contribution in [-0.4, -0.2) is 41.1 Å². The van der Waals surface area contributed by atoms with Gasteiger partial charge in [-0.2, -0.15) is 0 Å². The Bertz CT molecular complexity index is 1220. The van der Waals surface area contributed by atoms with Crippen LogP contribution in [0.1, 0.15) is 31.8 Å². The summed E-state index contributed by atoms with van der Waals surface area (Å²) in [7, 11) is 0. The number of amides is 1. The van der Waals surface area contributed by atoms with Crippen LogP contribution in [0.4, 0.5) is 5.69 Å². The summed E-state index contributed by atoms with van der Waals surface area (Å²) in [4.78, 5) is 50.5. The average molecular weight is 496 g/mol. The summed E-state index contributed by atoms with van der Waals surface area (Å²) < 4.78 is 10.4. The van der Waals surface area contributed by atoms with E-state index in [1.807, 2.05) is 13.8 Å². The Morgan fingerprint density at radius 3 is 1.57 bits per heavy atom. The fraction of sp³-hybridized carbons (Fsp3) is 0.154. The summed E-state index contributed by atoms with van der Waals surface area (Å²) in [5, 5.41) is 12.7. The van der Waals surface area contributed by atoms with E-state index in [-0.39, 0.29) is 16.8 Å². The summed E-state index contributed by atoms with van der Waals surface area (Å²) in [5.74, 6) is -4.62. The van der Waals surface area contributed by atoms with Gasteiger partial charge >= 0.3 is 17.9 Å². The van der Waals surface area contributed by atoms with Crippen molar-refractivity contribution in [3.05, 3.63) is 100 Å². The van der Waals surface area contributed by atoms with Crippen molar-refractivity contribution in [2.75, 3.05) is 5.32 Å². The van der Waals surface area contributed by atoms with E-state index >= 15 is 0 Å². The van der Waals surface area contributed by atoms with Crippen LogP contribution in [0.2, 0.25) is 5.02 Å². The molecule has 0 saturated carbocycles. The number of benzene rings is 3. The van der Waals surface area contributed by atoms with Crippen LogP contribution in [0.3, 0.4) is 0 Å². The molecule has 0 radical (unpaired) electrons. The second kappa shape index (κ2) is 11.3. The van der Waals surface area contributed by atoms with E-state index < -0.39 is 36.0 Å². The molecule has 3 aromatic rings. The Labute approximate surface area is 206 Å². The number of esters is 2. The largest absolute Gasteiger partial charge is 0.478 e. The van der Waals surface area contributed by atoms with Crippen molar-refractivity contribution >= 4 is 41.1 Å². The molecule has 3 aromatic carbocycles. The molecule has 9 heteroatoms. The molecule has 2 N–H and O–H groups in total. The predicted molar refractivity (Wildman–Crippen MR) is 128 cm³/mol. The molecule has 0 heterocycles. The van der Waals surface area contributed by atoms with Crippen molar-refractivity contribution < 1.29 is 33.8 Å². The van der Waals surface area contributed by atoms with Gasteiger partial charge in [0, 0.05) is 10.7 Å². The fourth-order valence-corrected chi connectivity index (χ4v) is 3.11. The van der Waals surface area contributed by atoms with Crippen LogP contribution < -0.4 is 5.32 Å². The first kappa shape index (κ1) is 25.5. The minimum atomic E-state index is -2.12. The van der Waals surface area contributed by atoms with Gasteiger partial charge in [-0.3, -0.25) is 4.79 Å². The number of ether oxygens (including phenoxy) is 2. The van der Waals surface area contributed by atoms with Gasteiger partial charge in [0.2, 0.25) is 12.2 Å². The summed E-state index contributed by atoms with van der Waals surface area (Å²) in [6, 6.07) is 18.4. The van der Waals surface area contributed by atoms with Crippen LogP contribution in [0.5, 0.6) is 0 Å².